The lowest BCUT2D eigenvalue weighted by Gasteiger charge is -2.28. The summed E-state index contributed by atoms with van der Waals surface area (Å²) in [6, 6.07) is 19.8. The molecular weight excluding hydrogens is 563 g/mol. The van der Waals surface area contributed by atoms with E-state index in [0.717, 1.165) is 5.56 Å². The van der Waals surface area contributed by atoms with Crippen molar-refractivity contribution >= 4 is 39.3 Å². The summed E-state index contributed by atoms with van der Waals surface area (Å²) in [4.78, 5) is 41.8. The molecule has 7 nitrogen and oxygen atoms in total. The number of halogens is 3. The fourth-order valence-corrected chi connectivity index (χ4v) is 4.82. The largest absolute Gasteiger partial charge is 0.347 e. The first kappa shape index (κ1) is 25.0. The van der Waals surface area contributed by atoms with Gasteiger partial charge in [-0.25, -0.2) is 9.18 Å². The van der Waals surface area contributed by atoms with Crippen LogP contribution in [0.15, 0.2) is 82.1 Å². The second-order valence-corrected chi connectivity index (χ2v) is 9.83. The Balaban J connectivity index is 1.54. The summed E-state index contributed by atoms with van der Waals surface area (Å²) in [6.07, 6.45) is 0. The molecule has 0 radical (unpaired) electrons. The second kappa shape index (κ2) is 10.4. The zero-order valence-electron chi connectivity index (χ0n) is 19.5. The van der Waals surface area contributed by atoms with Crippen molar-refractivity contribution in [3.05, 3.63) is 121 Å². The van der Waals surface area contributed by atoms with Crippen LogP contribution in [0.4, 0.5) is 4.39 Å². The average molecular weight is 584 g/mol. The van der Waals surface area contributed by atoms with Crippen LogP contribution in [0.2, 0.25) is 5.02 Å². The number of aromatic nitrogens is 2. The molecule has 4 aromatic rings. The number of benzene rings is 3. The molecule has 2 heterocycles. The van der Waals surface area contributed by atoms with Gasteiger partial charge in [0.1, 0.15) is 11.5 Å². The monoisotopic (exact) mass is 582 g/mol. The fourth-order valence-electron chi connectivity index (χ4n) is 4.39. The average Bonchev–Trinajstić information content (AvgIpc) is 3.20. The number of imidazole rings is 1. The predicted octanol–water partition coefficient (Wildman–Crippen LogP) is 4.78. The van der Waals surface area contributed by atoms with Gasteiger partial charge in [-0.1, -0.05) is 48.0 Å². The first-order valence-electron chi connectivity index (χ1n) is 11.5. The van der Waals surface area contributed by atoms with Crippen molar-refractivity contribution in [1.29, 1.82) is 0 Å². The highest BCUT2D eigenvalue weighted by atomic mass is 79.9. The fraction of sp³-hybridized carbons (Fsp3) is 0.148. The Morgan fingerprint density at radius 2 is 1.78 bits per heavy atom. The molecular formula is C27H21BrClFN4O3. The van der Waals surface area contributed by atoms with Crippen LogP contribution < -0.4 is 11.0 Å². The minimum absolute atomic E-state index is 0.0260. The van der Waals surface area contributed by atoms with Crippen LogP contribution in [0.5, 0.6) is 0 Å². The molecule has 3 aromatic carbocycles. The van der Waals surface area contributed by atoms with E-state index in [1.54, 1.807) is 29.2 Å². The van der Waals surface area contributed by atoms with E-state index in [0.29, 0.717) is 20.8 Å². The van der Waals surface area contributed by atoms with Crippen LogP contribution in [0, 0.1) is 5.82 Å². The summed E-state index contributed by atoms with van der Waals surface area (Å²) < 4.78 is 17.5. The van der Waals surface area contributed by atoms with E-state index in [9.17, 15) is 18.8 Å². The maximum atomic E-state index is 14.1. The molecule has 0 bridgehead atoms. The van der Waals surface area contributed by atoms with Crippen molar-refractivity contribution in [3.8, 4) is 5.69 Å². The molecule has 1 aromatic heterocycles. The third kappa shape index (κ3) is 4.97. The van der Waals surface area contributed by atoms with E-state index >= 15 is 0 Å². The number of rotatable bonds is 5. The third-order valence-corrected chi connectivity index (χ3v) is 7.44. The maximum absolute atomic E-state index is 14.1. The molecule has 37 heavy (non-hydrogen) atoms. The summed E-state index contributed by atoms with van der Waals surface area (Å²) in [6.45, 7) is 0.711. The van der Waals surface area contributed by atoms with Crippen LogP contribution in [0.1, 0.15) is 32.1 Å². The highest BCUT2D eigenvalue weighted by molar-refractivity contribution is 9.10. The van der Waals surface area contributed by atoms with E-state index in [1.807, 2.05) is 30.3 Å². The summed E-state index contributed by atoms with van der Waals surface area (Å²) in [5, 5.41) is 3.26. The smallest absolute Gasteiger partial charge is 0.333 e. The van der Waals surface area contributed by atoms with Crippen molar-refractivity contribution in [2.24, 2.45) is 0 Å². The van der Waals surface area contributed by atoms with Gasteiger partial charge in [-0.05, 0) is 57.9 Å². The van der Waals surface area contributed by atoms with Gasteiger partial charge in [-0.2, -0.15) is 0 Å². The Morgan fingerprint density at radius 1 is 1.00 bits per heavy atom. The van der Waals surface area contributed by atoms with Crippen LogP contribution >= 0.6 is 27.5 Å². The number of carbonyl (C=O) groups is 2. The van der Waals surface area contributed by atoms with E-state index in [-0.39, 0.29) is 43.5 Å². The van der Waals surface area contributed by atoms with E-state index in [4.69, 9.17) is 11.6 Å². The SMILES string of the molecule is O=C(NCc1ccccc1)c1c2n(c(=O)n1-c1cccc(F)c1)CCN(C(=O)c1ccc(Br)c(Cl)c1)C2. The molecule has 0 aliphatic carbocycles. The van der Waals surface area contributed by atoms with Crippen molar-refractivity contribution in [2.75, 3.05) is 6.54 Å². The van der Waals surface area contributed by atoms with Gasteiger partial charge in [-0.3, -0.25) is 18.7 Å². The molecule has 10 heteroatoms. The van der Waals surface area contributed by atoms with Gasteiger partial charge in [-0.15, -0.1) is 0 Å². The zero-order chi connectivity index (χ0) is 26.1. The number of amides is 2. The van der Waals surface area contributed by atoms with Gasteiger partial charge in [0.05, 0.1) is 22.9 Å². The van der Waals surface area contributed by atoms with Gasteiger partial charge in [0, 0.05) is 29.7 Å². The summed E-state index contributed by atoms with van der Waals surface area (Å²) >= 11 is 9.51. The highest BCUT2D eigenvalue weighted by Crippen LogP contribution is 2.26. The molecule has 0 fully saturated rings. The summed E-state index contributed by atoms with van der Waals surface area (Å²) in [5.41, 5.74) is 1.48. The van der Waals surface area contributed by atoms with Crippen LogP contribution in [-0.4, -0.2) is 32.4 Å². The first-order chi connectivity index (χ1) is 17.8. The van der Waals surface area contributed by atoms with Gasteiger partial charge >= 0.3 is 5.69 Å². The minimum atomic E-state index is -0.534. The summed E-state index contributed by atoms with van der Waals surface area (Å²) in [5.74, 6) is -1.31. The first-order valence-corrected chi connectivity index (χ1v) is 12.7. The van der Waals surface area contributed by atoms with E-state index < -0.39 is 17.4 Å². The molecule has 1 aliphatic heterocycles. The lowest BCUT2D eigenvalue weighted by Crippen LogP contribution is -2.41. The Bertz CT molecular complexity index is 1570. The van der Waals surface area contributed by atoms with E-state index in [2.05, 4.69) is 21.2 Å². The van der Waals surface area contributed by atoms with Crippen LogP contribution in [-0.2, 0) is 19.6 Å². The quantitative estimate of drug-likeness (QED) is 0.368. The third-order valence-electron chi connectivity index (χ3n) is 6.21. The maximum Gasteiger partial charge on any atom is 0.333 e. The highest BCUT2D eigenvalue weighted by Gasteiger charge is 2.32. The van der Waals surface area contributed by atoms with Gasteiger partial charge in [0.2, 0.25) is 0 Å². The minimum Gasteiger partial charge on any atom is -0.347 e. The molecule has 5 rings (SSSR count). The lowest BCUT2D eigenvalue weighted by molar-refractivity contribution is 0.0706. The van der Waals surface area contributed by atoms with Crippen LogP contribution in [0.3, 0.4) is 0 Å². The van der Waals surface area contributed by atoms with E-state index in [1.165, 1.54) is 27.3 Å². The Labute approximate surface area is 225 Å². The number of fused-ring (bicyclic) bond motifs is 1. The normalized spacial score (nSPS) is 12.8. The van der Waals surface area contributed by atoms with Crippen molar-refractivity contribution in [3.63, 3.8) is 0 Å². The number of carbonyl (C=O) groups excluding carboxylic acids is 2. The number of nitrogens with zero attached hydrogens (tertiary/aromatic N) is 3. The topological polar surface area (TPSA) is 76.3 Å². The molecule has 0 saturated carbocycles. The van der Waals surface area contributed by atoms with Crippen molar-refractivity contribution in [1.82, 2.24) is 19.4 Å². The van der Waals surface area contributed by atoms with Gasteiger partial charge < -0.3 is 10.2 Å². The molecule has 0 atom stereocenters. The molecule has 1 N–H and O–H groups in total. The zero-order valence-corrected chi connectivity index (χ0v) is 21.8. The second-order valence-electron chi connectivity index (χ2n) is 8.57. The van der Waals surface area contributed by atoms with Gasteiger partial charge in [0.15, 0.2) is 0 Å². The Hall–Kier alpha value is -3.69. The molecule has 188 valence electrons. The molecule has 0 unspecified atom stereocenters. The van der Waals surface area contributed by atoms with Gasteiger partial charge in [0.25, 0.3) is 11.8 Å². The van der Waals surface area contributed by atoms with Crippen molar-refractivity contribution < 1.29 is 14.0 Å². The van der Waals surface area contributed by atoms with Crippen LogP contribution in [0.25, 0.3) is 5.69 Å². The standard InChI is InChI=1S/C27H21BrClFN4O3/c28-21-10-9-18(13-22(21)29)26(36)32-11-12-33-23(16-32)24(25(35)31-15-17-5-2-1-3-6-17)34(27(33)37)20-8-4-7-19(30)14-20/h1-10,13-14H,11-12,15-16H2,(H,31,35). The molecule has 0 spiro atoms. The summed E-state index contributed by atoms with van der Waals surface area (Å²) in [7, 11) is 0. The molecule has 2 amide bonds. The Kier molecular flexibility index (Phi) is 6.99. The number of hydrogen-bond acceptors (Lipinski definition) is 3. The predicted molar refractivity (Wildman–Crippen MR) is 141 cm³/mol. The number of hydrogen-bond donors (Lipinski definition) is 1. The molecule has 0 saturated heterocycles. The van der Waals surface area contributed by atoms with Crippen molar-refractivity contribution in [2.45, 2.75) is 19.6 Å². The lowest BCUT2D eigenvalue weighted by atomic mass is 10.1. The number of nitrogens with one attached hydrogen (secondary N) is 1. The molecule has 1 aliphatic rings. The Morgan fingerprint density at radius 3 is 2.51 bits per heavy atom.